The minimum Gasteiger partial charge on any atom is -0.476 e. The third kappa shape index (κ3) is 3.01. The van der Waals surface area contributed by atoms with Gasteiger partial charge in [-0.2, -0.15) is 0 Å². The fraction of sp³-hybridized carbons (Fsp3) is 0.333. The highest BCUT2D eigenvalue weighted by Gasteiger charge is 2.47. The molecule has 0 saturated heterocycles. The lowest BCUT2D eigenvalue weighted by Crippen LogP contribution is -2.14. The van der Waals surface area contributed by atoms with E-state index in [0.29, 0.717) is 0 Å². The van der Waals surface area contributed by atoms with Gasteiger partial charge in [-0.25, -0.2) is 0 Å². The number of thioether (sulfide) groups is 1. The Labute approximate surface area is 125 Å². The molecule has 0 aromatic heterocycles. The molecule has 2 aromatic rings. The predicted octanol–water partition coefficient (Wildman–Crippen LogP) is 5.22. The summed E-state index contributed by atoms with van der Waals surface area (Å²) in [6.45, 7) is 4.32. The number of benzene rings is 2. The summed E-state index contributed by atoms with van der Waals surface area (Å²) in [6.07, 6.45) is 3.27. The minimum absolute atomic E-state index is 0.0411. The summed E-state index contributed by atoms with van der Waals surface area (Å²) in [5, 5.41) is 0. The van der Waals surface area contributed by atoms with Gasteiger partial charge in [0.2, 0.25) is 0 Å². The van der Waals surface area contributed by atoms with Crippen LogP contribution < -0.4 is 4.74 Å². The second-order valence-corrected chi connectivity index (χ2v) is 6.81. The summed E-state index contributed by atoms with van der Waals surface area (Å²) in [6, 6.07) is 17.0. The third-order valence-corrected chi connectivity index (χ3v) is 4.97. The van der Waals surface area contributed by atoms with Crippen molar-refractivity contribution in [1.82, 2.24) is 0 Å². The Bertz CT molecular complexity index is 588. The van der Waals surface area contributed by atoms with Crippen molar-refractivity contribution in [2.75, 3.05) is 0 Å². The summed E-state index contributed by atoms with van der Waals surface area (Å²) >= 11 is 1.85. The molecule has 1 fully saturated rings. The second kappa shape index (κ2) is 5.53. The minimum atomic E-state index is -0.0411. The Hall–Kier alpha value is -1.41. The summed E-state index contributed by atoms with van der Waals surface area (Å²) in [5.41, 5.74) is 2.61. The second-order valence-electron chi connectivity index (χ2n) is 5.39. The van der Waals surface area contributed by atoms with Crippen LogP contribution in [0.1, 0.15) is 30.9 Å². The van der Waals surface area contributed by atoms with Gasteiger partial charge in [0.1, 0.15) is 5.75 Å². The van der Waals surface area contributed by atoms with Crippen molar-refractivity contribution < 1.29 is 4.74 Å². The Morgan fingerprint density at radius 1 is 1.10 bits per heavy atom. The lowest BCUT2D eigenvalue weighted by atomic mass is 10.1. The Balaban J connectivity index is 1.77. The van der Waals surface area contributed by atoms with Gasteiger partial charge >= 0.3 is 0 Å². The highest BCUT2D eigenvalue weighted by Crippen LogP contribution is 2.52. The van der Waals surface area contributed by atoms with Crippen molar-refractivity contribution in [3.63, 3.8) is 0 Å². The smallest absolute Gasteiger partial charge is 0.159 e. The van der Waals surface area contributed by atoms with Gasteiger partial charge in [-0.15, -0.1) is 0 Å². The van der Waals surface area contributed by atoms with Crippen LogP contribution in [0.3, 0.4) is 0 Å². The van der Waals surface area contributed by atoms with Gasteiger partial charge in [-0.3, -0.25) is 0 Å². The predicted molar refractivity (Wildman–Crippen MR) is 85.4 cm³/mol. The first-order chi connectivity index (χ1) is 9.71. The van der Waals surface area contributed by atoms with Crippen LogP contribution in [0.4, 0.5) is 0 Å². The molecule has 3 rings (SSSR count). The largest absolute Gasteiger partial charge is 0.476 e. The number of ether oxygens (including phenoxy) is 1. The van der Waals surface area contributed by atoms with Crippen LogP contribution in [-0.4, -0.2) is 4.93 Å². The maximum absolute atomic E-state index is 6.36. The van der Waals surface area contributed by atoms with E-state index in [2.05, 4.69) is 62.4 Å². The molecule has 0 unspecified atom stereocenters. The van der Waals surface area contributed by atoms with Crippen LogP contribution in [0.25, 0.3) is 0 Å². The van der Waals surface area contributed by atoms with Crippen molar-refractivity contribution >= 4 is 11.8 Å². The third-order valence-electron chi connectivity index (χ3n) is 3.60. The molecular weight excluding hydrogens is 264 g/mol. The van der Waals surface area contributed by atoms with Crippen molar-refractivity contribution in [2.24, 2.45) is 0 Å². The van der Waals surface area contributed by atoms with Crippen molar-refractivity contribution in [3.8, 4) is 5.75 Å². The van der Waals surface area contributed by atoms with Gasteiger partial charge in [0, 0.05) is 17.7 Å². The van der Waals surface area contributed by atoms with E-state index in [1.165, 1.54) is 16.0 Å². The van der Waals surface area contributed by atoms with Crippen LogP contribution in [0.2, 0.25) is 0 Å². The normalized spacial score (nSPS) is 15.9. The number of aryl methyl sites for hydroxylation is 2. The molecule has 2 aromatic carbocycles. The van der Waals surface area contributed by atoms with Crippen LogP contribution in [0.5, 0.6) is 5.75 Å². The Morgan fingerprint density at radius 2 is 1.85 bits per heavy atom. The van der Waals surface area contributed by atoms with E-state index in [4.69, 9.17) is 4.74 Å². The molecule has 0 spiro atoms. The van der Waals surface area contributed by atoms with E-state index in [0.717, 1.165) is 25.0 Å². The van der Waals surface area contributed by atoms with E-state index < -0.39 is 0 Å². The number of rotatable bonds is 5. The fourth-order valence-electron chi connectivity index (χ4n) is 2.31. The van der Waals surface area contributed by atoms with Crippen molar-refractivity contribution in [2.45, 2.75) is 42.9 Å². The first-order valence-electron chi connectivity index (χ1n) is 7.23. The molecule has 0 radical (unpaired) electrons. The fourth-order valence-corrected chi connectivity index (χ4v) is 3.48. The molecule has 1 aliphatic carbocycles. The van der Waals surface area contributed by atoms with Gasteiger partial charge in [-0.05, 0) is 37.1 Å². The summed E-state index contributed by atoms with van der Waals surface area (Å²) in [4.78, 5) is 1.25. The Kier molecular flexibility index (Phi) is 3.75. The molecule has 104 valence electrons. The quantitative estimate of drug-likeness (QED) is 0.696. The van der Waals surface area contributed by atoms with Crippen molar-refractivity contribution in [1.29, 1.82) is 0 Å². The van der Waals surface area contributed by atoms with Crippen molar-refractivity contribution in [3.05, 3.63) is 59.7 Å². The van der Waals surface area contributed by atoms with E-state index in [-0.39, 0.29) is 4.93 Å². The lowest BCUT2D eigenvalue weighted by Gasteiger charge is -2.20. The maximum atomic E-state index is 6.36. The monoisotopic (exact) mass is 284 g/mol. The average Bonchev–Trinajstić information content (AvgIpc) is 3.21. The molecule has 0 heterocycles. The van der Waals surface area contributed by atoms with E-state index >= 15 is 0 Å². The van der Waals surface area contributed by atoms with Crippen LogP contribution in [0.15, 0.2) is 53.4 Å². The zero-order chi connectivity index (χ0) is 14.0. The van der Waals surface area contributed by atoms with E-state index in [9.17, 15) is 0 Å². The zero-order valence-electron chi connectivity index (χ0n) is 12.1. The van der Waals surface area contributed by atoms with Gasteiger partial charge in [0.25, 0.3) is 0 Å². The molecule has 2 heteroatoms. The molecule has 0 aliphatic heterocycles. The molecule has 0 N–H and O–H groups in total. The number of hydrogen-bond donors (Lipinski definition) is 0. The summed E-state index contributed by atoms with van der Waals surface area (Å²) < 4.78 is 6.36. The molecule has 0 atom stereocenters. The summed E-state index contributed by atoms with van der Waals surface area (Å²) in [7, 11) is 0. The molecule has 1 saturated carbocycles. The first-order valence-corrected chi connectivity index (χ1v) is 8.05. The van der Waals surface area contributed by atoms with Gasteiger partial charge in [0.15, 0.2) is 4.93 Å². The van der Waals surface area contributed by atoms with E-state index in [1.807, 2.05) is 11.8 Å². The maximum Gasteiger partial charge on any atom is 0.159 e. The SMILES string of the molecule is CCc1cc(C)ccc1OC1(Sc2ccccc2)CC1. The first kappa shape index (κ1) is 13.6. The zero-order valence-corrected chi connectivity index (χ0v) is 12.9. The highest BCUT2D eigenvalue weighted by atomic mass is 32.2. The lowest BCUT2D eigenvalue weighted by molar-refractivity contribution is 0.269. The van der Waals surface area contributed by atoms with E-state index in [1.54, 1.807) is 0 Å². The molecule has 20 heavy (non-hydrogen) atoms. The van der Waals surface area contributed by atoms with Gasteiger partial charge in [0.05, 0.1) is 0 Å². The van der Waals surface area contributed by atoms with Crippen LogP contribution in [-0.2, 0) is 6.42 Å². The van der Waals surface area contributed by atoms with Gasteiger partial charge in [-0.1, -0.05) is 54.6 Å². The molecule has 1 nitrogen and oxygen atoms in total. The number of hydrogen-bond acceptors (Lipinski definition) is 2. The molecule has 1 aliphatic rings. The standard InChI is InChI=1S/C18H20OS/c1-3-15-13-14(2)9-10-17(15)19-18(11-12-18)20-16-7-5-4-6-8-16/h4-10,13H,3,11-12H2,1-2H3. The highest BCUT2D eigenvalue weighted by molar-refractivity contribution is 8.00. The molecular formula is C18H20OS. The topological polar surface area (TPSA) is 9.23 Å². The molecule has 0 bridgehead atoms. The Morgan fingerprint density at radius 3 is 2.50 bits per heavy atom. The van der Waals surface area contributed by atoms with Crippen LogP contribution >= 0.6 is 11.8 Å². The molecule has 0 amide bonds. The van der Waals surface area contributed by atoms with Crippen LogP contribution in [0, 0.1) is 6.92 Å². The average molecular weight is 284 g/mol. The van der Waals surface area contributed by atoms with Gasteiger partial charge < -0.3 is 4.74 Å². The summed E-state index contributed by atoms with van der Waals surface area (Å²) in [5.74, 6) is 1.05.